The van der Waals surface area contributed by atoms with Crippen molar-refractivity contribution in [3.8, 4) is 5.75 Å². The van der Waals surface area contributed by atoms with E-state index >= 15 is 0 Å². The average Bonchev–Trinajstić information content (AvgIpc) is 3.28. The van der Waals surface area contributed by atoms with E-state index in [1.165, 1.54) is 0 Å². The molecule has 0 bridgehead atoms. The Kier molecular flexibility index (Phi) is 4.61. The number of rotatable bonds is 5. The van der Waals surface area contributed by atoms with Gasteiger partial charge in [-0.3, -0.25) is 9.59 Å². The SMILES string of the molecule is CC[C@@]1(c2ccccc2)COc2c(C(=O)NC)cc(C(=O)N[C@H]3C[C@@H]3C)cc21. The molecule has 1 fully saturated rings. The fraction of sp³-hybridized carbons (Fsp3) is 0.391. The summed E-state index contributed by atoms with van der Waals surface area (Å²) in [6, 6.07) is 14.0. The number of ether oxygens (including phenoxy) is 1. The minimum Gasteiger partial charge on any atom is -0.491 e. The van der Waals surface area contributed by atoms with Crippen molar-refractivity contribution in [2.24, 2.45) is 5.92 Å². The summed E-state index contributed by atoms with van der Waals surface area (Å²) in [5, 5.41) is 5.74. The van der Waals surface area contributed by atoms with E-state index in [2.05, 4.69) is 36.6 Å². The van der Waals surface area contributed by atoms with Crippen molar-refractivity contribution in [3.05, 3.63) is 64.7 Å². The Morgan fingerprint density at radius 3 is 2.50 bits per heavy atom. The fourth-order valence-corrected chi connectivity index (χ4v) is 4.11. The monoisotopic (exact) mass is 378 g/mol. The first-order chi connectivity index (χ1) is 13.5. The average molecular weight is 378 g/mol. The van der Waals surface area contributed by atoms with Crippen molar-refractivity contribution >= 4 is 11.8 Å². The maximum absolute atomic E-state index is 12.9. The van der Waals surface area contributed by atoms with E-state index in [-0.39, 0.29) is 23.3 Å². The lowest BCUT2D eigenvalue weighted by Crippen LogP contribution is -2.30. The van der Waals surface area contributed by atoms with Gasteiger partial charge in [-0.05, 0) is 36.5 Å². The quantitative estimate of drug-likeness (QED) is 0.839. The summed E-state index contributed by atoms with van der Waals surface area (Å²) in [7, 11) is 1.59. The molecule has 2 N–H and O–H groups in total. The van der Waals surface area contributed by atoms with E-state index in [4.69, 9.17) is 4.74 Å². The Hall–Kier alpha value is -2.82. The molecule has 5 nitrogen and oxygen atoms in total. The summed E-state index contributed by atoms with van der Waals surface area (Å²) < 4.78 is 6.07. The van der Waals surface area contributed by atoms with Crippen molar-refractivity contribution in [3.63, 3.8) is 0 Å². The number of hydrogen-bond donors (Lipinski definition) is 2. The zero-order valence-electron chi connectivity index (χ0n) is 16.5. The van der Waals surface area contributed by atoms with Gasteiger partial charge < -0.3 is 15.4 Å². The molecule has 4 rings (SSSR count). The summed E-state index contributed by atoms with van der Waals surface area (Å²) in [4.78, 5) is 25.4. The summed E-state index contributed by atoms with van der Waals surface area (Å²) >= 11 is 0. The third-order valence-electron chi connectivity index (χ3n) is 6.16. The first kappa shape index (κ1) is 18.5. The molecule has 0 spiro atoms. The van der Waals surface area contributed by atoms with Gasteiger partial charge in [0.15, 0.2) is 0 Å². The number of fused-ring (bicyclic) bond motifs is 1. The lowest BCUT2D eigenvalue weighted by atomic mass is 9.73. The molecule has 0 saturated heterocycles. The molecule has 2 amide bonds. The molecule has 2 aromatic rings. The molecular weight excluding hydrogens is 352 g/mol. The van der Waals surface area contributed by atoms with Crippen LogP contribution >= 0.6 is 0 Å². The molecule has 5 heteroatoms. The standard InChI is InChI=1S/C23H26N2O3/c1-4-23(16-8-6-5-7-9-16)13-28-20-17(22(27)24-3)11-15(12-18(20)23)21(26)25-19-10-14(19)2/h5-9,11-12,14,19H,4,10,13H2,1-3H3,(H,24,27)(H,25,26)/t14-,19-,23-/m0/s1. The predicted octanol–water partition coefficient (Wildman–Crippen LogP) is 3.27. The Balaban J connectivity index is 1.84. The maximum Gasteiger partial charge on any atom is 0.254 e. The largest absolute Gasteiger partial charge is 0.491 e. The Morgan fingerprint density at radius 2 is 1.89 bits per heavy atom. The molecule has 1 aliphatic heterocycles. The topological polar surface area (TPSA) is 67.4 Å². The van der Waals surface area contributed by atoms with E-state index in [1.54, 1.807) is 13.1 Å². The molecule has 1 saturated carbocycles. The van der Waals surface area contributed by atoms with Gasteiger partial charge in [0.1, 0.15) is 12.4 Å². The normalized spacial score (nSPS) is 24.8. The summed E-state index contributed by atoms with van der Waals surface area (Å²) in [5.41, 5.74) is 2.60. The molecule has 3 atom stereocenters. The van der Waals surface area contributed by atoms with Gasteiger partial charge >= 0.3 is 0 Å². The molecule has 146 valence electrons. The molecule has 28 heavy (non-hydrogen) atoms. The predicted molar refractivity (Wildman–Crippen MR) is 108 cm³/mol. The van der Waals surface area contributed by atoms with Crippen LogP contribution in [0.2, 0.25) is 0 Å². The smallest absolute Gasteiger partial charge is 0.254 e. The number of carbonyl (C=O) groups excluding carboxylic acids is 2. The number of hydrogen-bond acceptors (Lipinski definition) is 3. The van der Waals surface area contributed by atoms with Gasteiger partial charge in [-0.15, -0.1) is 0 Å². The van der Waals surface area contributed by atoms with Gasteiger partial charge in [-0.25, -0.2) is 0 Å². The van der Waals surface area contributed by atoms with Crippen LogP contribution in [0.3, 0.4) is 0 Å². The van der Waals surface area contributed by atoms with Gasteiger partial charge in [0.2, 0.25) is 0 Å². The van der Waals surface area contributed by atoms with Crippen molar-refractivity contribution in [2.75, 3.05) is 13.7 Å². The van der Waals surface area contributed by atoms with Gasteiger partial charge in [-0.1, -0.05) is 44.2 Å². The van der Waals surface area contributed by atoms with Crippen LogP contribution in [0.5, 0.6) is 5.75 Å². The van der Waals surface area contributed by atoms with Crippen molar-refractivity contribution in [2.45, 2.75) is 38.1 Å². The van der Waals surface area contributed by atoms with Crippen LogP contribution in [-0.4, -0.2) is 31.5 Å². The number of benzene rings is 2. The van der Waals surface area contributed by atoms with Crippen LogP contribution in [0.25, 0.3) is 0 Å². The number of nitrogens with one attached hydrogen (secondary N) is 2. The third-order valence-corrected chi connectivity index (χ3v) is 6.16. The second-order valence-corrected chi connectivity index (χ2v) is 7.86. The number of amides is 2. The minimum absolute atomic E-state index is 0.132. The molecule has 0 unspecified atom stereocenters. The summed E-state index contributed by atoms with van der Waals surface area (Å²) in [6.45, 7) is 4.69. The highest BCUT2D eigenvalue weighted by molar-refractivity contribution is 6.02. The second-order valence-electron chi connectivity index (χ2n) is 7.86. The van der Waals surface area contributed by atoms with Crippen LogP contribution in [0.15, 0.2) is 42.5 Å². The molecule has 0 aromatic heterocycles. The molecule has 0 radical (unpaired) electrons. The molecule has 2 aliphatic rings. The van der Waals surface area contributed by atoms with Gasteiger partial charge in [-0.2, -0.15) is 0 Å². The second kappa shape index (κ2) is 6.97. The molecule has 1 heterocycles. The Morgan fingerprint density at radius 1 is 1.18 bits per heavy atom. The van der Waals surface area contributed by atoms with E-state index in [1.807, 2.05) is 24.3 Å². The summed E-state index contributed by atoms with van der Waals surface area (Å²) in [6.07, 6.45) is 1.81. The molecule has 1 aliphatic carbocycles. The first-order valence-corrected chi connectivity index (χ1v) is 9.90. The fourth-order valence-electron chi connectivity index (χ4n) is 4.11. The lowest BCUT2D eigenvalue weighted by molar-refractivity contribution is 0.0949. The maximum atomic E-state index is 12.9. The Bertz CT molecular complexity index is 925. The van der Waals surface area contributed by atoms with E-state index < -0.39 is 0 Å². The van der Waals surface area contributed by atoms with E-state index in [9.17, 15) is 9.59 Å². The van der Waals surface area contributed by atoms with Crippen LogP contribution in [-0.2, 0) is 5.41 Å². The highest BCUT2D eigenvalue weighted by Crippen LogP contribution is 2.48. The van der Waals surface area contributed by atoms with Gasteiger partial charge in [0.25, 0.3) is 11.8 Å². The highest BCUT2D eigenvalue weighted by atomic mass is 16.5. The van der Waals surface area contributed by atoms with Crippen LogP contribution < -0.4 is 15.4 Å². The molecule has 2 aromatic carbocycles. The number of carbonyl (C=O) groups is 2. The van der Waals surface area contributed by atoms with Gasteiger partial charge in [0, 0.05) is 24.2 Å². The van der Waals surface area contributed by atoms with Crippen LogP contribution in [0, 0.1) is 5.92 Å². The lowest BCUT2D eigenvalue weighted by Gasteiger charge is -2.27. The van der Waals surface area contributed by atoms with E-state index in [0.717, 1.165) is 24.0 Å². The zero-order chi connectivity index (χ0) is 19.9. The molecular formula is C23H26N2O3. The van der Waals surface area contributed by atoms with E-state index in [0.29, 0.717) is 29.4 Å². The Labute approximate surface area is 165 Å². The van der Waals surface area contributed by atoms with Gasteiger partial charge in [0.05, 0.1) is 11.0 Å². The third kappa shape index (κ3) is 2.95. The highest BCUT2D eigenvalue weighted by Gasteiger charge is 2.43. The minimum atomic E-state index is -0.372. The first-order valence-electron chi connectivity index (χ1n) is 9.90. The van der Waals surface area contributed by atoms with Crippen LogP contribution in [0.1, 0.15) is 58.5 Å². The van der Waals surface area contributed by atoms with Crippen molar-refractivity contribution < 1.29 is 14.3 Å². The summed E-state index contributed by atoms with van der Waals surface area (Å²) in [5.74, 6) is 0.721. The van der Waals surface area contributed by atoms with Crippen molar-refractivity contribution in [1.82, 2.24) is 10.6 Å². The zero-order valence-corrected chi connectivity index (χ0v) is 16.5. The van der Waals surface area contributed by atoms with Crippen LogP contribution in [0.4, 0.5) is 0 Å². The van der Waals surface area contributed by atoms with Crippen molar-refractivity contribution in [1.29, 1.82) is 0 Å².